The number of benzene rings is 1. The Hall–Kier alpha value is -1.73. The second-order valence-electron chi connectivity index (χ2n) is 3.35. The molecule has 0 saturated heterocycles. The summed E-state index contributed by atoms with van der Waals surface area (Å²) in [5.74, 6) is 0. The third-order valence-electron chi connectivity index (χ3n) is 2.25. The molecule has 0 amide bonds. The van der Waals surface area contributed by atoms with E-state index in [1.165, 1.54) is 0 Å². The summed E-state index contributed by atoms with van der Waals surface area (Å²) in [5, 5.41) is 20.8. The van der Waals surface area contributed by atoms with E-state index >= 15 is 0 Å². The molecule has 4 nitrogen and oxygen atoms in total. The fourth-order valence-corrected chi connectivity index (χ4v) is 1.26. The monoisotopic (exact) mass is 205 g/mol. The van der Waals surface area contributed by atoms with Crippen LogP contribution in [0, 0.1) is 11.3 Å². The second kappa shape index (κ2) is 5.23. The molecule has 0 aliphatic carbocycles. The van der Waals surface area contributed by atoms with Crippen molar-refractivity contribution in [3.63, 3.8) is 0 Å². The Kier molecular flexibility index (Phi) is 3.95. The summed E-state index contributed by atoms with van der Waals surface area (Å²) in [6.07, 6.45) is 0.815. The van der Waals surface area contributed by atoms with Crippen molar-refractivity contribution in [1.82, 2.24) is 0 Å². The van der Waals surface area contributed by atoms with Gasteiger partial charge in [-0.05, 0) is 24.6 Å². The van der Waals surface area contributed by atoms with Gasteiger partial charge in [-0.3, -0.25) is 0 Å². The van der Waals surface area contributed by atoms with Crippen molar-refractivity contribution in [3.05, 3.63) is 23.8 Å². The number of nitrogens with two attached hydrogens (primary N) is 1. The van der Waals surface area contributed by atoms with Crippen molar-refractivity contribution < 1.29 is 5.11 Å². The third-order valence-corrected chi connectivity index (χ3v) is 2.25. The minimum Gasteiger partial charge on any atom is -0.397 e. The topological polar surface area (TPSA) is 82.1 Å². The van der Waals surface area contributed by atoms with Crippen molar-refractivity contribution in [2.75, 3.05) is 17.7 Å². The predicted molar refractivity (Wildman–Crippen MR) is 60.4 cm³/mol. The highest BCUT2D eigenvalue weighted by atomic mass is 16.3. The number of nitriles is 1. The lowest BCUT2D eigenvalue weighted by Gasteiger charge is -2.16. The number of aliphatic hydroxyl groups is 1. The van der Waals surface area contributed by atoms with E-state index in [1.54, 1.807) is 18.2 Å². The molecular weight excluding hydrogens is 190 g/mol. The van der Waals surface area contributed by atoms with Crippen LogP contribution in [0.1, 0.15) is 18.9 Å². The van der Waals surface area contributed by atoms with Gasteiger partial charge in [-0.1, -0.05) is 6.92 Å². The molecule has 0 aromatic heterocycles. The maximum atomic E-state index is 9.02. The molecule has 80 valence electrons. The van der Waals surface area contributed by atoms with Crippen LogP contribution in [-0.4, -0.2) is 17.8 Å². The summed E-state index contributed by atoms with van der Waals surface area (Å²) in [5.41, 5.74) is 7.58. The SMILES string of the molecule is CCC(CO)Nc1ccc(C#N)cc1N. The van der Waals surface area contributed by atoms with Crippen LogP contribution in [0.15, 0.2) is 18.2 Å². The number of anilines is 2. The van der Waals surface area contributed by atoms with Gasteiger partial charge in [0.2, 0.25) is 0 Å². The first-order valence-corrected chi connectivity index (χ1v) is 4.88. The fourth-order valence-electron chi connectivity index (χ4n) is 1.26. The zero-order valence-corrected chi connectivity index (χ0v) is 8.70. The first-order chi connectivity index (χ1) is 7.21. The van der Waals surface area contributed by atoms with Gasteiger partial charge in [-0.25, -0.2) is 0 Å². The standard InChI is InChI=1S/C11H15N3O/c1-2-9(7-15)14-11-4-3-8(6-12)5-10(11)13/h3-5,9,14-15H,2,7,13H2,1H3. The number of rotatable bonds is 4. The first-order valence-electron chi connectivity index (χ1n) is 4.88. The summed E-state index contributed by atoms with van der Waals surface area (Å²) in [4.78, 5) is 0. The van der Waals surface area contributed by atoms with Crippen molar-refractivity contribution in [2.24, 2.45) is 0 Å². The van der Waals surface area contributed by atoms with Crippen LogP contribution in [0.4, 0.5) is 11.4 Å². The highest BCUT2D eigenvalue weighted by Gasteiger charge is 2.06. The summed E-state index contributed by atoms with van der Waals surface area (Å²) in [6, 6.07) is 7.09. The molecular formula is C11H15N3O. The van der Waals surface area contributed by atoms with Gasteiger partial charge in [0.1, 0.15) is 0 Å². The number of nitrogens with zero attached hydrogens (tertiary/aromatic N) is 1. The lowest BCUT2D eigenvalue weighted by Crippen LogP contribution is -2.23. The van der Waals surface area contributed by atoms with Crippen LogP contribution < -0.4 is 11.1 Å². The maximum absolute atomic E-state index is 9.02. The van der Waals surface area contributed by atoms with E-state index in [9.17, 15) is 0 Å². The van der Waals surface area contributed by atoms with Crippen LogP contribution in [0.5, 0.6) is 0 Å². The van der Waals surface area contributed by atoms with Crippen molar-refractivity contribution >= 4 is 11.4 Å². The number of hydrogen-bond acceptors (Lipinski definition) is 4. The van der Waals surface area contributed by atoms with E-state index in [2.05, 4.69) is 5.32 Å². The zero-order valence-electron chi connectivity index (χ0n) is 8.70. The van der Waals surface area contributed by atoms with Gasteiger partial charge < -0.3 is 16.2 Å². The molecule has 0 aliphatic heterocycles. The molecule has 1 aromatic rings. The van der Waals surface area contributed by atoms with Gasteiger partial charge in [-0.2, -0.15) is 5.26 Å². The zero-order chi connectivity index (χ0) is 11.3. The molecule has 0 heterocycles. The summed E-state index contributed by atoms with van der Waals surface area (Å²) >= 11 is 0. The van der Waals surface area contributed by atoms with Crippen LogP contribution in [0.2, 0.25) is 0 Å². The van der Waals surface area contributed by atoms with Gasteiger partial charge in [0.25, 0.3) is 0 Å². The Morgan fingerprint density at radius 1 is 1.60 bits per heavy atom. The molecule has 15 heavy (non-hydrogen) atoms. The highest BCUT2D eigenvalue weighted by Crippen LogP contribution is 2.20. The van der Waals surface area contributed by atoms with Crippen molar-refractivity contribution in [1.29, 1.82) is 5.26 Å². The molecule has 4 N–H and O–H groups in total. The average Bonchev–Trinajstić information content (AvgIpc) is 2.27. The highest BCUT2D eigenvalue weighted by molar-refractivity contribution is 5.68. The largest absolute Gasteiger partial charge is 0.397 e. The molecule has 0 spiro atoms. The normalized spacial score (nSPS) is 11.8. The number of nitrogen functional groups attached to an aromatic ring is 1. The Bertz CT molecular complexity index is 367. The minimum atomic E-state index is 0.000218. The van der Waals surface area contributed by atoms with Crippen LogP contribution in [-0.2, 0) is 0 Å². The van der Waals surface area contributed by atoms with Crippen LogP contribution in [0.3, 0.4) is 0 Å². The van der Waals surface area contributed by atoms with Gasteiger partial charge in [-0.15, -0.1) is 0 Å². The van der Waals surface area contributed by atoms with Crippen LogP contribution >= 0.6 is 0 Å². The molecule has 0 bridgehead atoms. The quantitative estimate of drug-likeness (QED) is 0.647. The van der Waals surface area contributed by atoms with Gasteiger partial charge in [0, 0.05) is 6.04 Å². The molecule has 1 unspecified atom stereocenters. The molecule has 4 heteroatoms. The van der Waals surface area contributed by atoms with Crippen molar-refractivity contribution in [3.8, 4) is 6.07 Å². The summed E-state index contributed by atoms with van der Waals surface area (Å²) in [7, 11) is 0. The van der Waals surface area contributed by atoms with E-state index in [1.807, 2.05) is 13.0 Å². The van der Waals surface area contributed by atoms with Crippen molar-refractivity contribution in [2.45, 2.75) is 19.4 Å². The molecule has 0 aliphatic rings. The Morgan fingerprint density at radius 2 is 2.33 bits per heavy atom. The Morgan fingerprint density at radius 3 is 2.80 bits per heavy atom. The fraction of sp³-hybridized carbons (Fsp3) is 0.364. The van der Waals surface area contributed by atoms with E-state index in [-0.39, 0.29) is 12.6 Å². The van der Waals surface area contributed by atoms with E-state index in [0.717, 1.165) is 12.1 Å². The Balaban J connectivity index is 2.83. The molecule has 0 fully saturated rings. The van der Waals surface area contributed by atoms with Gasteiger partial charge >= 0.3 is 0 Å². The lowest BCUT2D eigenvalue weighted by molar-refractivity contribution is 0.272. The molecule has 1 atom stereocenters. The predicted octanol–water partition coefficient (Wildman–Crippen LogP) is 1.32. The summed E-state index contributed by atoms with van der Waals surface area (Å²) < 4.78 is 0. The van der Waals surface area contributed by atoms with E-state index in [0.29, 0.717) is 11.3 Å². The van der Waals surface area contributed by atoms with E-state index in [4.69, 9.17) is 16.1 Å². The molecule has 1 aromatic carbocycles. The smallest absolute Gasteiger partial charge is 0.0992 e. The first kappa shape index (κ1) is 11.3. The average molecular weight is 205 g/mol. The lowest BCUT2D eigenvalue weighted by atomic mass is 10.1. The number of hydrogen-bond donors (Lipinski definition) is 3. The number of nitrogens with one attached hydrogen (secondary N) is 1. The number of aliphatic hydroxyl groups excluding tert-OH is 1. The second-order valence-corrected chi connectivity index (χ2v) is 3.35. The van der Waals surface area contributed by atoms with E-state index < -0.39 is 0 Å². The van der Waals surface area contributed by atoms with Crippen LogP contribution in [0.25, 0.3) is 0 Å². The van der Waals surface area contributed by atoms with Gasteiger partial charge in [0.15, 0.2) is 0 Å². The van der Waals surface area contributed by atoms with Gasteiger partial charge in [0.05, 0.1) is 29.6 Å². The molecule has 0 saturated carbocycles. The Labute approximate surface area is 89.3 Å². The molecule has 1 rings (SSSR count). The minimum absolute atomic E-state index is 0.000218. The molecule has 0 radical (unpaired) electrons. The summed E-state index contributed by atoms with van der Waals surface area (Å²) in [6.45, 7) is 2.05. The maximum Gasteiger partial charge on any atom is 0.0992 e. The third kappa shape index (κ3) is 2.86.